The minimum Gasteiger partial charge on any atom is -0.397 e. The quantitative estimate of drug-likeness (QED) is 0.559. The number of anilines is 2. The summed E-state index contributed by atoms with van der Waals surface area (Å²) in [5.74, 6) is -0.166. The second kappa shape index (κ2) is 7.85. The van der Waals surface area contributed by atoms with Crippen molar-refractivity contribution in [3.05, 3.63) is 33.1 Å². The molecule has 1 amide bonds. The molecule has 3 aromatic rings. The van der Waals surface area contributed by atoms with E-state index in [1.807, 2.05) is 19.0 Å². The van der Waals surface area contributed by atoms with Gasteiger partial charge in [-0.3, -0.25) is 4.79 Å². The molecule has 0 aliphatic rings. The van der Waals surface area contributed by atoms with E-state index >= 15 is 0 Å². The van der Waals surface area contributed by atoms with E-state index in [4.69, 9.17) is 34.7 Å². The third-order valence-electron chi connectivity index (χ3n) is 3.85. The topological polar surface area (TPSA) is 110 Å². The fourth-order valence-electron chi connectivity index (χ4n) is 2.53. The monoisotopic (exact) mass is 424 g/mol. The Morgan fingerprint density at radius 2 is 2.00 bits per heavy atom. The number of nitrogens with two attached hydrogens (primary N) is 2. The predicted octanol–water partition coefficient (Wildman–Crippen LogP) is 3.32. The van der Waals surface area contributed by atoms with Gasteiger partial charge in [-0.05, 0) is 26.2 Å². The van der Waals surface area contributed by atoms with Crippen LogP contribution in [0.4, 0.5) is 11.6 Å². The van der Waals surface area contributed by atoms with Gasteiger partial charge in [-0.2, -0.15) is 0 Å². The lowest BCUT2D eigenvalue weighted by Crippen LogP contribution is -2.21. The predicted molar refractivity (Wildman–Crippen MR) is 113 cm³/mol. The summed E-state index contributed by atoms with van der Waals surface area (Å²) in [5.41, 5.74) is 13.2. The molecule has 0 radical (unpaired) electrons. The highest BCUT2D eigenvalue weighted by molar-refractivity contribution is 7.21. The van der Waals surface area contributed by atoms with E-state index in [0.717, 1.165) is 17.9 Å². The van der Waals surface area contributed by atoms with Crippen LogP contribution < -0.4 is 16.8 Å². The number of fused-ring (bicyclic) bond motifs is 1. The molecule has 0 unspecified atom stereocenters. The average Bonchev–Trinajstić information content (AvgIpc) is 2.93. The number of nitrogens with zero attached hydrogens (tertiary/aromatic N) is 3. The summed E-state index contributed by atoms with van der Waals surface area (Å²) >= 11 is 13.3. The molecule has 0 aliphatic carbocycles. The molecule has 0 atom stereocenters. The van der Waals surface area contributed by atoms with E-state index in [9.17, 15) is 4.79 Å². The van der Waals surface area contributed by atoms with Crippen molar-refractivity contribution in [2.75, 3.05) is 38.2 Å². The molecule has 0 aliphatic heterocycles. The van der Waals surface area contributed by atoms with Crippen LogP contribution in [0.1, 0.15) is 9.67 Å². The van der Waals surface area contributed by atoms with Crippen LogP contribution in [-0.2, 0) is 0 Å². The lowest BCUT2D eigenvalue weighted by atomic mass is 10.1. The van der Waals surface area contributed by atoms with Crippen molar-refractivity contribution in [1.29, 1.82) is 0 Å². The number of hydrogen-bond donors (Lipinski definition) is 3. The number of aromatic nitrogens is 2. The lowest BCUT2D eigenvalue weighted by molar-refractivity contribution is 0.100. The zero-order valence-electron chi connectivity index (χ0n) is 14.7. The number of likely N-dealkylation sites (N-methyl/N-ethyl adjacent to an activating group) is 1. The van der Waals surface area contributed by atoms with Gasteiger partial charge >= 0.3 is 0 Å². The normalized spacial score (nSPS) is 11.3. The molecule has 2 heterocycles. The van der Waals surface area contributed by atoms with Crippen LogP contribution in [0.3, 0.4) is 0 Å². The molecule has 3 rings (SSSR count). The molecule has 27 heavy (non-hydrogen) atoms. The fourth-order valence-corrected chi connectivity index (χ4v) is 3.77. The molecular weight excluding hydrogens is 407 g/mol. The number of benzene rings is 1. The molecule has 0 spiro atoms. The molecule has 142 valence electrons. The molecular formula is C17H18Cl2N6OS. The van der Waals surface area contributed by atoms with Gasteiger partial charge in [-0.25, -0.2) is 9.97 Å². The van der Waals surface area contributed by atoms with E-state index in [2.05, 4.69) is 15.3 Å². The van der Waals surface area contributed by atoms with Crippen LogP contribution in [0.15, 0.2) is 18.2 Å². The summed E-state index contributed by atoms with van der Waals surface area (Å²) in [6, 6.07) is 5.18. The van der Waals surface area contributed by atoms with E-state index in [1.165, 1.54) is 0 Å². The minimum atomic E-state index is -0.599. The first-order valence-electron chi connectivity index (χ1n) is 8.01. The number of nitrogens with one attached hydrogen (secondary N) is 1. The van der Waals surface area contributed by atoms with Crippen LogP contribution >= 0.6 is 34.5 Å². The van der Waals surface area contributed by atoms with E-state index in [1.54, 1.807) is 18.2 Å². The first-order chi connectivity index (χ1) is 12.8. The van der Waals surface area contributed by atoms with Gasteiger partial charge < -0.3 is 21.7 Å². The fraction of sp³-hybridized carbons (Fsp3) is 0.235. The average molecular weight is 425 g/mol. The first-order valence-corrected chi connectivity index (χ1v) is 9.59. The standard InChI is InChI=1S/C17H18Cl2N6OS/c1-25(2)6-5-22-17-23-13(8-3-4-9(18)10(19)7-8)11-12(20)14(15(21)26)27-16(11)24-17/h3-4,7H,5-6,20H2,1-2H3,(H2,21,26)(H,22,23,24). The summed E-state index contributed by atoms with van der Waals surface area (Å²) in [6.45, 7) is 1.46. The number of carbonyl (C=O) groups is 1. The summed E-state index contributed by atoms with van der Waals surface area (Å²) in [4.78, 5) is 23.7. The van der Waals surface area contributed by atoms with Crippen molar-refractivity contribution in [2.24, 2.45) is 5.73 Å². The van der Waals surface area contributed by atoms with Crippen molar-refractivity contribution in [1.82, 2.24) is 14.9 Å². The van der Waals surface area contributed by atoms with Crippen molar-refractivity contribution in [2.45, 2.75) is 0 Å². The maximum Gasteiger partial charge on any atom is 0.260 e. The highest BCUT2D eigenvalue weighted by Gasteiger charge is 2.21. The van der Waals surface area contributed by atoms with Crippen molar-refractivity contribution in [3.8, 4) is 11.3 Å². The number of amides is 1. The van der Waals surface area contributed by atoms with E-state index in [-0.39, 0.29) is 10.6 Å². The molecule has 0 bridgehead atoms. The molecule has 1 aromatic carbocycles. The Kier molecular flexibility index (Phi) is 5.71. The summed E-state index contributed by atoms with van der Waals surface area (Å²) in [5, 5.41) is 4.59. The molecule has 0 fully saturated rings. The Labute approximate surface area is 170 Å². The number of hydrogen-bond acceptors (Lipinski definition) is 7. The number of nitrogen functional groups attached to an aromatic ring is 1. The van der Waals surface area contributed by atoms with Crippen LogP contribution in [0.2, 0.25) is 10.0 Å². The third-order valence-corrected chi connectivity index (χ3v) is 5.70. The van der Waals surface area contributed by atoms with Gasteiger partial charge in [0.25, 0.3) is 5.91 Å². The SMILES string of the molecule is CN(C)CCNc1nc(-c2ccc(Cl)c(Cl)c2)c2c(N)c(C(N)=O)sc2n1. The van der Waals surface area contributed by atoms with Crippen LogP contribution in [0, 0.1) is 0 Å². The maximum atomic E-state index is 11.7. The summed E-state index contributed by atoms with van der Waals surface area (Å²) in [7, 11) is 3.96. The first kappa shape index (κ1) is 19.6. The van der Waals surface area contributed by atoms with Crippen molar-refractivity contribution >= 4 is 62.3 Å². The highest BCUT2D eigenvalue weighted by atomic mass is 35.5. The van der Waals surface area contributed by atoms with Crippen LogP contribution in [0.5, 0.6) is 0 Å². The highest BCUT2D eigenvalue weighted by Crippen LogP contribution is 2.40. The van der Waals surface area contributed by atoms with Gasteiger partial charge in [0.2, 0.25) is 5.95 Å². The number of carbonyl (C=O) groups excluding carboxylic acids is 1. The zero-order valence-corrected chi connectivity index (χ0v) is 17.0. The van der Waals surface area contributed by atoms with Crippen molar-refractivity contribution in [3.63, 3.8) is 0 Å². The summed E-state index contributed by atoms with van der Waals surface area (Å²) in [6.07, 6.45) is 0. The molecule has 0 saturated heterocycles. The van der Waals surface area contributed by atoms with Gasteiger partial charge in [0.1, 0.15) is 9.71 Å². The zero-order chi connectivity index (χ0) is 19.7. The lowest BCUT2D eigenvalue weighted by Gasteiger charge is -2.12. The minimum absolute atomic E-state index is 0.256. The van der Waals surface area contributed by atoms with Gasteiger partial charge in [0, 0.05) is 18.7 Å². The number of rotatable bonds is 6. The smallest absolute Gasteiger partial charge is 0.260 e. The molecule has 0 saturated carbocycles. The third kappa shape index (κ3) is 4.08. The van der Waals surface area contributed by atoms with Gasteiger partial charge in [-0.1, -0.05) is 29.3 Å². The molecule has 5 N–H and O–H groups in total. The maximum absolute atomic E-state index is 11.7. The van der Waals surface area contributed by atoms with Crippen LogP contribution in [0.25, 0.3) is 21.5 Å². The van der Waals surface area contributed by atoms with Gasteiger partial charge in [0.05, 0.1) is 26.8 Å². The molecule has 2 aromatic heterocycles. The number of primary amides is 1. The second-order valence-corrected chi connectivity index (χ2v) is 7.96. The Morgan fingerprint density at radius 3 is 2.63 bits per heavy atom. The van der Waals surface area contributed by atoms with Crippen LogP contribution in [-0.4, -0.2) is 48.0 Å². The Morgan fingerprint density at radius 1 is 1.26 bits per heavy atom. The Balaban J connectivity index is 2.17. The number of halogens is 2. The van der Waals surface area contributed by atoms with E-state index in [0.29, 0.717) is 44.0 Å². The van der Waals surface area contributed by atoms with Gasteiger partial charge in [-0.15, -0.1) is 11.3 Å². The number of thiophene rings is 1. The van der Waals surface area contributed by atoms with E-state index < -0.39 is 5.91 Å². The largest absolute Gasteiger partial charge is 0.397 e. The molecule has 7 nitrogen and oxygen atoms in total. The Bertz CT molecular complexity index is 1020. The van der Waals surface area contributed by atoms with Gasteiger partial charge in [0.15, 0.2) is 0 Å². The second-order valence-electron chi connectivity index (χ2n) is 6.14. The molecule has 10 heteroatoms. The van der Waals surface area contributed by atoms with Crippen molar-refractivity contribution < 1.29 is 4.79 Å². The summed E-state index contributed by atoms with van der Waals surface area (Å²) < 4.78 is 0. The Hall–Kier alpha value is -2.13.